The Morgan fingerprint density at radius 2 is 0.969 bits per heavy atom. The minimum Gasteiger partial charge on any atom is -0.462 e. The van der Waals surface area contributed by atoms with E-state index in [9.17, 15) is 49.7 Å². The van der Waals surface area contributed by atoms with E-state index >= 15 is 0 Å². The van der Waals surface area contributed by atoms with Gasteiger partial charge in [-0.1, -0.05) is 137 Å². The van der Waals surface area contributed by atoms with Gasteiger partial charge in [0.25, 0.3) is 0 Å². The van der Waals surface area contributed by atoms with E-state index in [1.165, 1.54) is 19.3 Å². The molecular formula is C49H79O14P. The molecule has 1 aliphatic carbocycles. The first-order valence-electron chi connectivity index (χ1n) is 23.1. The summed E-state index contributed by atoms with van der Waals surface area (Å²) in [4.78, 5) is 35.7. The summed E-state index contributed by atoms with van der Waals surface area (Å²) in [5, 5.41) is 60.0. The lowest BCUT2D eigenvalue weighted by Gasteiger charge is -2.41. The molecule has 0 aromatic heterocycles. The van der Waals surface area contributed by atoms with E-state index in [0.29, 0.717) is 25.7 Å². The summed E-state index contributed by atoms with van der Waals surface area (Å²) in [6.45, 7) is 3.00. The second kappa shape index (κ2) is 37.9. The first-order valence-corrected chi connectivity index (χ1v) is 24.6. The van der Waals surface area contributed by atoms with Crippen LogP contribution in [0.3, 0.4) is 0 Å². The number of rotatable bonds is 36. The summed E-state index contributed by atoms with van der Waals surface area (Å²) in [7, 11) is -5.16. The first-order chi connectivity index (χ1) is 30.8. The van der Waals surface area contributed by atoms with Gasteiger partial charge in [0, 0.05) is 12.8 Å². The van der Waals surface area contributed by atoms with Crippen molar-refractivity contribution in [3.8, 4) is 0 Å². The Labute approximate surface area is 382 Å². The van der Waals surface area contributed by atoms with Crippen molar-refractivity contribution in [1.82, 2.24) is 0 Å². The fourth-order valence-corrected chi connectivity index (χ4v) is 7.14. The Balaban J connectivity index is 2.57. The van der Waals surface area contributed by atoms with Crippen LogP contribution in [0.25, 0.3) is 0 Å². The van der Waals surface area contributed by atoms with Crippen molar-refractivity contribution in [2.45, 2.75) is 185 Å². The Morgan fingerprint density at radius 3 is 1.45 bits per heavy atom. The summed E-state index contributed by atoms with van der Waals surface area (Å²) in [6.07, 6.45) is 33.7. The van der Waals surface area contributed by atoms with Crippen LogP contribution in [0.1, 0.15) is 136 Å². The minimum absolute atomic E-state index is 0.00480. The largest absolute Gasteiger partial charge is 0.472 e. The van der Waals surface area contributed by atoms with Gasteiger partial charge in [0.2, 0.25) is 0 Å². The van der Waals surface area contributed by atoms with Crippen molar-refractivity contribution in [3.05, 3.63) is 97.2 Å². The molecule has 0 amide bonds. The molecule has 0 radical (unpaired) electrons. The molecule has 9 atom stereocenters. The summed E-state index contributed by atoms with van der Waals surface area (Å²) in [5.74, 6) is -1.26. The maximum Gasteiger partial charge on any atom is 0.472 e. The molecule has 1 aliphatic rings. The molecule has 1 fully saturated rings. The number of unbranched alkanes of at least 4 members (excludes halogenated alkanes) is 6. The highest BCUT2D eigenvalue weighted by atomic mass is 31.2. The van der Waals surface area contributed by atoms with Gasteiger partial charge >= 0.3 is 19.8 Å². The monoisotopic (exact) mass is 923 g/mol. The molecule has 3 unspecified atom stereocenters. The number of aliphatic hydroxyl groups is 6. The number of phosphoric ester groups is 1. The van der Waals surface area contributed by atoms with Gasteiger partial charge in [0.1, 0.15) is 43.2 Å². The van der Waals surface area contributed by atoms with E-state index in [0.717, 1.165) is 64.2 Å². The summed E-state index contributed by atoms with van der Waals surface area (Å²) >= 11 is 0. The van der Waals surface area contributed by atoms with Gasteiger partial charge in [0.15, 0.2) is 6.10 Å². The second-order valence-corrected chi connectivity index (χ2v) is 17.1. The summed E-state index contributed by atoms with van der Waals surface area (Å²) < 4.78 is 33.4. The SMILES string of the molecule is CCCCC/C=C\C/C=C\C/C=C\C/C=C\CCCC(=O)O[C@H](COC(=O)CCC/C=C\C/C=C\C/C=C\C/C=C\[C@@H](O)CCCC)COP(=O)(O)OC1[C@H](O)[C@H](O)C(O)[C@H](O)[C@H]1O. The van der Waals surface area contributed by atoms with Crippen LogP contribution in [0.2, 0.25) is 0 Å². The highest BCUT2D eigenvalue weighted by Gasteiger charge is 2.51. The quantitative estimate of drug-likeness (QED) is 0.0137. The number of hydrogen-bond donors (Lipinski definition) is 7. The van der Waals surface area contributed by atoms with Gasteiger partial charge in [-0.3, -0.25) is 18.6 Å². The maximum atomic E-state index is 12.8. The van der Waals surface area contributed by atoms with Crippen molar-refractivity contribution in [1.29, 1.82) is 0 Å². The van der Waals surface area contributed by atoms with E-state index < -0.39 is 75.7 Å². The Hall–Kier alpha value is -3.27. The maximum absolute atomic E-state index is 12.8. The molecule has 14 nitrogen and oxygen atoms in total. The fourth-order valence-electron chi connectivity index (χ4n) is 6.17. The van der Waals surface area contributed by atoms with Crippen LogP contribution in [0.4, 0.5) is 0 Å². The predicted octanol–water partition coefficient (Wildman–Crippen LogP) is 8.02. The first kappa shape index (κ1) is 58.7. The molecule has 1 rings (SSSR count). The van der Waals surface area contributed by atoms with E-state index in [1.807, 2.05) is 42.5 Å². The number of carbonyl (C=O) groups is 2. The second-order valence-electron chi connectivity index (χ2n) is 15.7. The van der Waals surface area contributed by atoms with Crippen LogP contribution >= 0.6 is 7.82 Å². The van der Waals surface area contributed by atoms with Crippen LogP contribution in [0, 0.1) is 0 Å². The zero-order valence-electron chi connectivity index (χ0n) is 38.1. The Morgan fingerprint density at radius 1 is 0.547 bits per heavy atom. The predicted molar refractivity (Wildman–Crippen MR) is 250 cm³/mol. The normalized spacial score (nSPS) is 23.0. The molecule has 0 saturated heterocycles. The zero-order chi connectivity index (χ0) is 47.3. The average molecular weight is 923 g/mol. The van der Waals surface area contributed by atoms with Crippen molar-refractivity contribution in [3.63, 3.8) is 0 Å². The van der Waals surface area contributed by atoms with Crippen molar-refractivity contribution < 1.29 is 68.2 Å². The highest BCUT2D eigenvalue weighted by Crippen LogP contribution is 2.47. The minimum atomic E-state index is -5.16. The third-order valence-corrected chi connectivity index (χ3v) is 11.0. The Bertz CT molecular complexity index is 1500. The highest BCUT2D eigenvalue weighted by molar-refractivity contribution is 7.47. The molecule has 7 N–H and O–H groups in total. The number of carbonyl (C=O) groups excluding carboxylic acids is 2. The molecule has 0 aliphatic heterocycles. The molecule has 0 spiro atoms. The van der Waals surface area contributed by atoms with E-state index in [4.69, 9.17) is 18.5 Å². The lowest BCUT2D eigenvalue weighted by molar-refractivity contribution is -0.220. The summed E-state index contributed by atoms with van der Waals surface area (Å²) in [5.41, 5.74) is 0. The third kappa shape index (κ3) is 30.0. The number of aliphatic hydroxyl groups excluding tert-OH is 6. The number of hydrogen-bond acceptors (Lipinski definition) is 13. The topological polar surface area (TPSA) is 230 Å². The van der Waals surface area contributed by atoms with Crippen LogP contribution in [0.5, 0.6) is 0 Å². The molecule has 0 heterocycles. The van der Waals surface area contributed by atoms with E-state index in [1.54, 1.807) is 0 Å². The number of phosphoric acid groups is 1. The zero-order valence-corrected chi connectivity index (χ0v) is 39.0. The molecular weight excluding hydrogens is 843 g/mol. The smallest absolute Gasteiger partial charge is 0.462 e. The molecule has 64 heavy (non-hydrogen) atoms. The molecule has 1 saturated carbocycles. The molecule has 0 bridgehead atoms. The van der Waals surface area contributed by atoms with Gasteiger partial charge in [-0.25, -0.2) is 4.57 Å². The number of allylic oxidation sites excluding steroid dienone is 15. The van der Waals surface area contributed by atoms with Gasteiger partial charge in [0.05, 0.1) is 12.7 Å². The lowest BCUT2D eigenvalue weighted by Crippen LogP contribution is -2.64. The standard InChI is InChI=1S/C49H79O14P/c1-3-5-7-8-9-10-11-12-13-14-15-16-21-24-27-30-33-37-43(52)62-41(39-61-64(58,59)63-49-47(56)45(54)44(53)46(55)48(49)57)38-60-42(51)36-32-29-26-23-20-18-17-19-22-25-28-31-35-40(50)34-6-4-2/h9-10,12-13,15-18,22-27,31,35,40-41,44-50,53-57H,3-8,11,14,19-21,28-30,32-34,36-39H2,1-2H3,(H,58,59)/b10-9-,13-12-,16-15-,18-17-,25-22-,26-23-,27-24-,35-31-/t40-,41+,44?,45-,46+,47+,48+,49?/m0/s1. The van der Waals surface area contributed by atoms with Crippen molar-refractivity contribution >= 4 is 19.8 Å². The third-order valence-electron chi connectivity index (χ3n) is 9.97. The molecule has 0 aromatic rings. The number of esters is 2. The Kier molecular flexibility index (Phi) is 34.8. The van der Waals surface area contributed by atoms with Crippen molar-refractivity contribution in [2.24, 2.45) is 0 Å². The fraction of sp³-hybridized carbons (Fsp3) is 0.633. The van der Waals surface area contributed by atoms with Crippen LogP contribution < -0.4 is 0 Å². The molecule has 0 aromatic carbocycles. The van der Waals surface area contributed by atoms with E-state index in [2.05, 4.69) is 68.5 Å². The molecule has 15 heteroatoms. The number of ether oxygens (including phenoxy) is 2. The van der Waals surface area contributed by atoms with Gasteiger partial charge in [-0.05, 0) is 83.5 Å². The van der Waals surface area contributed by atoms with Gasteiger partial charge < -0.3 is 45.0 Å². The van der Waals surface area contributed by atoms with Crippen molar-refractivity contribution in [2.75, 3.05) is 13.2 Å². The van der Waals surface area contributed by atoms with Crippen LogP contribution in [-0.4, -0.2) is 110 Å². The molecule has 364 valence electrons. The van der Waals surface area contributed by atoms with Gasteiger partial charge in [-0.15, -0.1) is 0 Å². The van der Waals surface area contributed by atoms with Crippen LogP contribution in [0.15, 0.2) is 97.2 Å². The van der Waals surface area contributed by atoms with Crippen LogP contribution in [-0.2, 0) is 32.7 Å². The summed E-state index contributed by atoms with van der Waals surface area (Å²) in [6, 6.07) is 0. The average Bonchev–Trinajstić information content (AvgIpc) is 3.27. The van der Waals surface area contributed by atoms with Gasteiger partial charge in [-0.2, -0.15) is 0 Å². The van der Waals surface area contributed by atoms with E-state index in [-0.39, 0.29) is 18.9 Å². The lowest BCUT2D eigenvalue weighted by atomic mass is 9.85.